The minimum atomic E-state index is 0.0911. The Morgan fingerprint density at radius 1 is 1.22 bits per heavy atom. The molecule has 0 aromatic carbocycles. The fourth-order valence-corrected chi connectivity index (χ4v) is 5.06. The summed E-state index contributed by atoms with van der Waals surface area (Å²) in [4.78, 5) is 4.78. The van der Waals surface area contributed by atoms with Crippen molar-refractivity contribution in [2.24, 2.45) is 7.05 Å². The maximum absolute atomic E-state index is 6.33. The highest BCUT2D eigenvalue weighted by molar-refractivity contribution is 5.20. The maximum atomic E-state index is 6.33. The zero-order valence-corrected chi connectivity index (χ0v) is 16.7. The van der Waals surface area contributed by atoms with Gasteiger partial charge in [-0.2, -0.15) is 5.10 Å². The second-order valence-electron chi connectivity index (χ2n) is 8.49. The van der Waals surface area contributed by atoms with E-state index in [0.717, 1.165) is 44.7 Å². The largest absolute Gasteiger partial charge is 0.375 e. The summed E-state index contributed by atoms with van der Waals surface area (Å²) in [6, 6.07) is 8.52. The van der Waals surface area contributed by atoms with Crippen molar-refractivity contribution in [3.05, 3.63) is 47.5 Å². The van der Waals surface area contributed by atoms with Gasteiger partial charge in [-0.3, -0.25) is 9.67 Å². The van der Waals surface area contributed by atoms with Gasteiger partial charge in [0, 0.05) is 43.2 Å². The Kier molecular flexibility index (Phi) is 5.33. The van der Waals surface area contributed by atoms with Gasteiger partial charge in [0.25, 0.3) is 0 Å². The third kappa shape index (κ3) is 3.94. The Hall–Kier alpha value is -1.72. The summed E-state index contributed by atoms with van der Waals surface area (Å²) in [6.45, 7) is 4.75. The summed E-state index contributed by atoms with van der Waals surface area (Å²) in [5, 5.41) is 8.17. The van der Waals surface area contributed by atoms with E-state index in [1.54, 1.807) is 0 Å². The number of nitrogens with zero attached hydrogens (tertiary/aromatic N) is 3. The minimum absolute atomic E-state index is 0.0911. The average molecular weight is 369 g/mol. The van der Waals surface area contributed by atoms with E-state index in [1.165, 1.54) is 37.1 Å². The van der Waals surface area contributed by atoms with Crippen molar-refractivity contribution in [1.82, 2.24) is 20.1 Å². The summed E-state index contributed by atoms with van der Waals surface area (Å²) >= 11 is 0. The molecule has 4 rings (SSSR count). The van der Waals surface area contributed by atoms with Crippen LogP contribution in [-0.4, -0.2) is 33.5 Å². The Morgan fingerprint density at radius 3 is 2.78 bits per heavy atom. The van der Waals surface area contributed by atoms with Gasteiger partial charge in [-0.1, -0.05) is 18.9 Å². The highest BCUT2D eigenvalue weighted by Crippen LogP contribution is 2.49. The molecule has 1 N–H and O–H groups in total. The molecule has 0 unspecified atom stereocenters. The normalized spacial score (nSPS) is 24.5. The van der Waals surface area contributed by atoms with Crippen LogP contribution < -0.4 is 5.32 Å². The van der Waals surface area contributed by atoms with Gasteiger partial charge in [-0.15, -0.1) is 0 Å². The first-order valence-electron chi connectivity index (χ1n) is 10.4. The predicted octanol–water partition coefficient (Wildman–Crippen LogP) is 3.66. The van der Waals surface area contributed by atoms with Crippen LogP contribution in [0.25, 0.3) is 0 Å². The van der Waals surface area contributed by atoms with Crippen molar-refractivity contribution in [3.63, 3.8) is 0 Å². The molecular formula is C22H32N4O. The maximum Gasteiger partial charge on any atom is 0.0765 e. The molecule has 2 aliphatic rings. The molecule has 27 heavy (non-hydrogen) atoms. The van der Waals surface area contributed by atoms with Crippen molar-refractivity contribution in [2.75, 3.05) is 13.2 Å². The van der Waals surface area contributed by atoms with E-state index in [9.17, 15) is 0 Å². The first-order chi connectivity index (χ1) is 13.1. The van der Waals surface area contributed by atoms with Gasteiger partial charge in [0.15, 0.2) is 0 Å². The molecule has 5 nitrogen and oxygen atoms in total. The van der Waals surface area contributed by atoms with Crippen LogP contribution in [0.1, 0.15) is 62.0 Å². The van der Waals surface area contributed by atoms with E-state index in [4.69, 9.17) is 9.72 Å². The fourth-order valence-electron chi connectivity index (χ4n) is 5.06. The molecule has 2 aromatic rings. The SMILES string of the molecule is Cc1cc(CNCC[C@@]2(c3ccccn3)CCOC3(CCCC3)C2)nn1C. The summed E-state index contributed by atoms with van der Waals surface area (Å²) in [7, 11) is 2.00. The Balaban J connectivity index is 1.45. The Morgan fingerprint density at radius 2 is 2.07 bits per heavy atom. The lowest BCUT2D eigenvalue weighted by Crippen LogP contribution is -2.47. The number of pyridine rings is 1. The smallest absolute Gasteiger partial charge is 0.0765 e. The van der Waals surface area contributed by atoms with Crippen molar-refractivity contribution >= 4 is 0 Å². The van der Waals surface area contributed by atoms with Gasteiger partial charge in [-0.25, -0.2) is 0 Å². The lowest BCUT2D eigenvalue weighted by Gasteiger charge is -2.46. The van der Waals surface area contributed by atoms with Crippen molar-refractivity contribution < 1.29 is 4.74 Å². The van der Waals surface area contributed by atoms with Crippen LogP contribution in [0.3, 0.4) is 0 Å². The third-order valence-electron chi connectivity index (χ3n) is 6.62. The van der Waals surface area contributed by atoms with Gasteiger partial charge < -0.3 is 10.1 Å². The Labute approximate surface area is 162 Å². The van der Waals surface area contributed by atoms with Gasteiger partial charge in [0.2, 0.25) is 0 Å². The quantitative estimate of drug-likeness (QED) is 0.791. The molecule has 1 atom stereocenters. The van der Waals surface area contributed by atoms with Crippen molar-refractivity contribution in [1.29, 1.82) is 0 Å². The molecule has 2 fully saturated rings. The monoisotopic (exact) mass is 368 g/mol. The lowest BCUT2D eigenvalue weighted by molar-refractivity contribution is -0.104. The van der Waals surface area contributed by atoms with E-state index >= 15 is 0 Å². The van der Waals surface area contributed by atoms with Crippen LogP contribution in [-0.2, 0) is 23.7 Å². The van der Waals surface area contributed by atoms with Gasteiger partial charge in [0.1, 0.15) is 0 Å². The molecule has 1 spiro atoms. The van der Waals surface area contributed by atoms with Crippen molar-refractivity contribution in [2.45, 2.75) is 69.4 Å². The summed E-state index contributed by atoms with van der Waals surface area (Å²) in [5.74, 6) is 0. The van der Waals surface area contributed by atoms with Crippen LogP contribution in [0.5, 0.6) is 0 Å². The first kappa shape index (κ1) is 18.6. The summed E-state index contributed by atoms with van der Waals surface area (Å²) < 4.78 is 8.27. The topological polar surface area (TPSA) is 52.0 Å². The van der Waals surface area contributed by atoms with Gasteiger partial charge in [-0.05, 0) is 63.8 Å². The molecule has 3 heterocycles. The van der Waals surface area contributed by atoms with E-state index in [-0.39, 0.29) is 11.0 Å². The standard InChI is InChI=1S/C22H32N4O/c1-18-15-19(25-26(18)2)16-23-13-10-21(20-7-3-6-12-24-20)11-14-27-22(17-21)8-4-5-9-22/h3,6-7,12,15,23H,4-5,8-11,13-14,16-17H2,1-2H3/t21-/m1/s1. The summed E-state index contributed by atoms with van der Waals surface area (Å²) in [6.07, 6.45) is 10.2. The molecule has 1 saturated heterocycles. The average Bonchev–Trinajstić information content (AvgIpc) is 3.26. The first-order valence-corrected chi connectivity index (χ1v) is 10.4. The fraction of sp³-hybridized carbons (Fsp3) is 0.636. The number of hydrogen-bond donors (Lipinski definition) is 1. The molecule has 0 amide bonds. The van der Waals surface area contributed by atoms with Crippen LogP contribution in [0.4, 0.5) is 0 Å². The number of ether oxygens (including phenoxy) is 1. The molecule has 1 aliphatic carbocycles. The lowest BCUT2D eigenvalue weighted by atomic mass is 9.68. The van der Waals surface area contributed by atoms with E-state index in [1.807, 2.05) is 24.0 Å². The van der Waals surface area contributed by atoms with Gasteiger partial charge >= 0.3 is 0 Å². The second kappa shape index (κ2) is 7.72. The Bertz CT molecular complexity index is 731. The molecule has 1 aliphatic heterocycles. The van der Waals surface area contributed by atoms with Crippen LogP contribution in [0.2, 0.25) is 0 Å². The minimum Gasteiger partial charge on any atom is -0.375 e. The predicted molar refractivity (Wildman–Crippen MR) is 107 cm³/mol. The molecule has 146 valence electrons. The van der Waals surface area contributed by atoms with Crippen LogP contribution >= 0.6 is 0 Å². The van der Waals surface area contributed by atoms with E-state index < -0.39 is 0 Å². The van der Waals surface area contributed by atoms with Crippen LogP contribution in [0, 0.1) is 6.92 Å². The zero-order chi connectivity index (χ0) is 18.7. The molecular weight excluding hydrogens is 336 g/mol. The number of aromatic nitrogens is 3. The summed E-state index contributed by atoms with van der Waals surface area (Å²) in [5.41, 5.74) is 3.77. The molecule has 2 aromatic heterocycles. The molecule has 0 bridgehead atoms. The van der Waals surface area contributed by atoms with E-state index in [2.05, 4.69) is 35.5 Å². The third-order valence-corrected chi connectivity index (χ3v) is 6.62. The van der Waals surface area contributed by atoms with E-state index in [0.29, 0.717) is 0 Å². The zero-order valence-electron chi connectivity index (χ0n) is 16.7. The van der Waals surface area contributed by atoms with Gasteiger partial charge in [0.05, 0.1) is 11.3 Å². The highest BCUT2D eigenvalue weighted by atomic mass is 16.5. The molecule has 1 saturated carbocycles. The van der Waals surface area contributed by atoms with Crippen molar-refractivity contribution in [3.8, 4) is 0 Å². The highest BCUT2D eigenvalue weighted by Gasteiger charge is 2.48. The molecule has 0 radical (unpaired) electrons. The molecule has 5 heteroatoms. The second-order valence-corrected chi connectivity index (χ2v) is 8.49. The number of aryl methyl sites for hydroxylation is 2. The number of rotatable bonds is 6. The van der Waals surface area contributed by atoms with Crippen LogP contribution in [0.15, 0.2) is 30.5 Å². The number of nitrogens with one attached hydrogen (secondary N) is 1. The number of hydrogen-bond acceptors (Lipinski definition) is 4.